The van der Waals surface area contributed by atoms with E-state index in [1.807, 2.05) is 24.3 Å². The summed E-state index contributed by atoms with van der Waals surface area (Å²) in [5, 5.41) is 0. The minimum atomic E-state index is -1.57. The van der Waals surface area contributed by atoms with Crippen molar-refractivity contribution in [3.05, 3.63) is 34.3 Å². The molecule has 0 bridgehead atoms. The lowest BCUT2D eigenvalue weighted by atomic mass is 9.85. The summed E-state index contributed by atoms with van der Waals surface area (Å²) in [5.74, 6) is -0.294. The van der Waals surface area contributed by atoms with Crippen molar-refractivity contribution in [3.63, 3.8) is 0 Å². The number of carbonyl (C=O) groups is 1. The summed E-state index contributed by atoms with van der Waals surface area (Å²) in [5.41, 5.74) is 0.958. The van der Waals surface area contributed by atoms with E-state index in [1.165, 1.54) is 0 Å². The normalized spacial score (nSPS) is 17.7. The number of alkyl halides is 3. The maximum atomic E-state index is 12.5. The lowest BCUT2D eigenvalue weighted by Crippen LogP contribution is -2.26. The number of rotatable bonds is 4. The van der Waals surface area contributed by atoms with E-state index < -0.39 is 3.79 Å². The van der Waals surface area contributed by atoms with Gasteiger partial charge >= 0.3 is 5.97 Å². The molecule has 1 saturated carbocycles. The fraction of sp³-hybridized carbons (Fsp3) is 0.533. The van der Waals surface area contributed by atoms with Gasteiger partial charge in [-0.1, -0.05) is 75.7 Å². The SMILES string of the molecule is O=C(OCC(Cl)(Cl)Cl)[C@@H](c1ccc(Br)cc1)C1CCCC1. The summed E-state index contributed by atoms with van der Waals surface area (Å²) >= 11 is 20.4. The molecule has 0 amide bonds. The molecule has 116 valence electrons. The predicted molar refractivity (Wildman–Crippen MR) is 90.1 cm³/mol. The standard InChI is InChI=1S/C15H16BrCl3O2/c16-12-7-5-11(6-8-12)13(10-3-1-2-4-10)14(20)21-9-15(17,18)19/h5-8,10,13H,1-4,9H2/t13-/m1/s1. The van der Waals surface area contributed by atoms with Gasteiger partial charge in [-0.2, -0.15) is 0 Å². The third-order valence-corrected chi connectivity index (χ3v) is 4.59. The van der Waals surface area contributed by atoms with Crippen LogP contribution in [-0.4, -0.2) is 16.4 Å². The molecule has 0 radical (unpaired) electrons. The molecule has 0 spiro atoms. The predicted octanol–water partition coefficient (Wildman–Crippen LogP) is 5.64. The molecule has 0 aromatic heterocycles. The van der Waals surface area contributed by atoms with Crippen molar-refractivity contribution in [1.29, 1.82) is 0 Å². The van der Waals surface area contributed by atoms with E-state index in [2.05, 4.69) is 15.9 Å². The molecule has 1 aromatic carbocycles. The Morgan fingerprint density at radius 3 is 2.33 bits per heavy atom. The largest absolute Gasteiger partial charge is 0.461 e. The lowest BCUT2D eigenvalue weighted by molar-refractivity contribution is -0.146. The van der Waals surface area contributed by atoms with E-state index in [0.29, 0.717) is 5.92 Å². The second kappa shape index (κ2) is 7.54. The average molecular weight is 415 g/mol. The smallest absolute Gasteiger partial charge is 0.313 e. The first kappa shape index (κ1) is 17.4. The molecule has 2 rings (SSSR count). The Morgan fingerprint density at radius 2 is 1.81 bits per heavy atom. The van der Waals surface area contributed by atoms with Crippen molar-refractivity contribution < 1.29 is 9.53 Å². The number of esters is 1. The highest BCUT2D eigenvalue weighted by Gasteiger charge is 2.34. The van der Waals surface area contributed by atoms with Gasteiger partial charge in [-0.25, -0.2) is 0 Å². The third kappa shape index (κ3) is 5.31. The van der Waals surface area contributed by atoms with E-state index in [9.17, 15) is 4.79 Å². The van der Waals surface area contributed by atoms with Gasteiger partial charge in [0, 0.05) is 4.47 Å². The van der Waals surface area contributed by atoms with Gasteiger partial charge < -0.3 is 4.74 Å². The van der Waals surface area contributed by atoms with Gasteiger partial charge in [0.1, 0.15) is 6.61 Å². The fourth-order valence-corrected chi connectivity index (χ4v) is 3.23. The Morgan fingerprint density at radius 1 is 1.24 bits per heavy atom. The molecule has 21 heavy (non-hydrogen) atoms. The number of carbonyl (C=O) groups excluding carboxylic acids is 1. The molecule has 1 aromatic rings. The second-order valence-corrected chi connectivity index (χ2v) is 8.73. The average Bonchev–Trinajstić information content (AvgIpc) is 2.92. The second-order valence-electron chi connectivity index (χ2n) is 5.30. The van der Waals surface area contributed by atoms with Crippen LogP contribution >= 0.6 is 50.7 Å². The summed E-state index contributed by atoms with van der Waals surface area (Å²) in [6.45, 7) is -0.226. The maximum Gasteiger partial charge on any atom is 0.313 e. The van der Waals surface area contributed by atoms with E-state index in [0.717, 1.165) is 35.7 Å². The van der Waals surface area contributed by atoms with Gasteiger partial charge in [0.25, 0.3) is 0 Å². The zero-order chi connectivity index (χ0) is 15.5. The van der Waals surface area contributed by atoms with Crippen LogP contribution in [-0.2, 0) is 9.53 Å². The van der Waals surface area contributed by atoms with Crippen molar-refractivity contribution >= 4 is 56.7 Å². The van der Waals surface area contributed by atoms with E-state index in [4.69, 9.17) is 39.5 Å². The van der Waals surface area contributed by atoms with Crippen LogP contribution < -0.4 is 0 Å². The van der Waals surface area contributed by atoms with Gasteiger partial charge in [0.15, 0.2) is 0 Å². The highest BCUT2D eigenvalue weighted by Crippen LogP contribution is 2.39. The zero-order valence-corrected chi connectivity index (χ0v) is 15.2. The Balaban J connectivity index is 2.15. The fourth-order valence-electron chi connectivity index (χ4n) is 2.80. The van der Waals surface area contributed by atoms with Crippen molar-refractivity contribution in [3.8, 4) is 0 Å². The van der Waals surface area contributed by atoms with Crippen LogP contribution in [0.1, 0.15) is 37.2 Å². The molecule has 0 saturated heterocycles. The van der Waals surface area contributed by atoms with Gasteiger partial charge in [0.2, 0.25) is 3.79 Å². The van der Waals surface area contributed by atoms with Crippen LogP contribution in [0.15, 0.2) is 28.7 Å². The molecule has 1 fully saturated rings. The molecule has 0 heterocycles. The minimum Gasteiger partial charge on any atom is -0.461 e. The first-order valence-corrected chi connectivity index (χ1v) is 8.78. The van der Waals surface area contributed by atoms with Crippen molar-refractivity contribution in [2.24, 2.45) is 5.92 Å². The Kier molecular flexibility index (Phi) is 6.25. The van der Waals surface area contributed by atoms with Crippen LogP contribution in [0.5, 0.6) is 0 Å². The summed E-state index contributed by atoms with van der Waals surface area (Å²) < 4.78 is 4.62. The van der Waals surface area contributed by atoms with Gasteiger partial charge in [-0.05, 0) is 36.5 Å². The number of ether oxygens (including phenoxy) is 1. The number of hydrogen-bond acceptors (Lipinski definition) is 2. The Hall–Kier alpha value is 0.0400. The van der Waals surface area contributed by atoms with Gasteiger partial charge in [0.05, 0.1) is 5.92 Å². The summed E-state index contributed by atoms with van der Waals surface area (Å²) in [6.07, 6.45) is 4.36. The van der Waals surface area contributed by atoms with Crippen LogP contribution in [0, 0.1) is 5.92 Å². The first-order valence-electron chi connectivity index (χ1n) is 6.85. The topological polar surface area (TPSA) is 26.3 Å². The van der Waals surface area contributed by atoms with E-state index in [1.54, 1.807) is 0 Å². The molecule has 1 aliphatic carbocycles. The molecule has 2 nitrogen and oxygen atoms in total. The molecule has 1 atom stereocenters. The maximum absolute atomic E-state index is 12.5. The molecule has 0 unspecified atom stereocenters. The molecule has 0 aliphatic heterocycles. The summed E-state index contributed by atoms with van der Waals surface area (Å²) in [7, 11) is 0. The number of halogens is 4. The lowest BCUT2D eigenvalue weighted by Gasteiger charge is -2.23. The number of benzene rings is 1. The highest BCUT2D eigenvalue weighted by molar-refractivity contribution is 9.10. The van der Waals surface area contributed by atoms with Crippen molar-refractivity contribution in [1.82, 2.24) is 0 Å². The van der Waals surface area contributed by atoms with E-state index in [-0.39, 0.29) is 18.5 Å². The third-order valence-electron chi connectivity index (χ3n) is 3.73. The summed E-state index contributed by atoms with van der Waals surface area (Å²) in [6, 6.07) is 7.76. The molecular formula is C15H16BrCl3O2. The quantitative estimate of drug-likeness (QED) is 0.471. The molecule has 6 heteroatoms. The van der Waals surface area contributed by atoms with Crippen molar-refractivity contribution in [2.75, 3.05) is 6.61 Å². The van der Waals surface area contributed by atoms with Crippen molar-refractivity contribution in [2.45, 2.75) is 35.4 Å². The van der Waals surface area contributed by atoms with Crippen LogP contribution in [0.3, 0.4) is 0 Å². The summed E-state index contributed by atoms with van der Waals surface area (Å²) in [4.78, 5) is 12.5. The molecule has 1 aliphatic rings. The van der Waals surface area contributed by atoms with Crippen LogP contribution in [0.25, 0.3) is 0 Å². The number of hydrogen-bond donors (Lipinski definition) is 0. The molecule has 0 N–H and O–H groups in total. The minimum absolute atomic E-state index is 0.226. The van der Waals surface area contributed by atoms with Gasteiger partial charge in [-0.3, -0.25) is 4.79 Å². The van der Waals surface area contributed by atoms with Crippen LogP contribution in [0.2, 0.25) is 0 Å². The van der Waals surface area contributed by atoms with Crippen LogP contribution in [0.4, 0.5) is 0 Å². The monoisotopic (exact) mass is 412 g/mol. The highest BCUT2D eigenvalue weighted by atomic mass is 79.9. The van der Waals surface area contributed by atoms with Gasteiger partial charge in [-0.15, -0.1) is 0 Å². The molecular weight excluding hydrogens is 398 g/mol. The Bertz CT molecular complexity index is 479. The Labute approximate surface area is 148 Å². The zero-order valence-electron chi connectivity index (χ0n) is 11.3. The van der Waals surface area contributed by atoms with E-state index >= 15 is 0 Å². The first-order chi connectivity index (χ1) is 9.87.